The van der Waals surface area contributed by atoms with Crippen molar-refractivity contribution in [3.05, 3.63) is 58.1 Å². The van der Waals surface area contributed by atoms with Crippen molar-refractivity contribution in [1.29, 1.82) is 0 Å². The van der Waals surface area contributed by atoms with Crippen molar-refractivity contribution < 1.29 is 14.8 Å². The van der Waals surface area contributed by atoms with Crippen molar-refractivity contribution in [3.8, 4) is 0 Å². The molecule has 0 spiro atoms. The van der Waals surface area contributed by atoms with E-state index in [1.807, 2.05) is 24.5 Å². The molecule has 2 aromatic carbocycles. The van der Waals surface area contributed by atoms with Gasteiger partial charge in [-0.15, -0.1) is 11.8 Å². The molecule has 0 aliphatic carbocycles. The van der Waals surface area contributed by atoms with Crippen LogP contribution in [0.2, 0.25) is 0 Å². The van der Waals surface area contributed by atoms with Crippen molar-refractivity contribution in [3.63, 3.8) is 0 Å². The van der Waals surface area contributed by atoms with E-state index in [9.17, 15) is 14.9 Å². The zero-order valence-corrected chi connectivity index (χ0v) is 11.9. The van der Waals surface area contributed by atoms with E-state index in [0.29, 0.717) is 5.69 Å². The van der Waals surface area contributed by atoms with Crippen molar-refractivity contribution in [1.82, 2.24) is 0 Å². The second kappa shape index (κ2) is 6.27. The van der Waals surface area contributed by atoms with Gasteiger partial charge in [-0.3, -0.25) is 10.1 Å². The highest BCUT2D eigenvalue weighted by molar-refractivity contribution is 7.98. The number of thioether (sulfide) groups is 1. The van der Waals surface area contributed by atoms with Crippen molar-refractivity contribution >= 4 is 34.8 Å². The molecule has 0 aliphatic heterocycles. The molecule has 0 saturated carbocycles. The number of carboxylic acid groups (broad SMARTS) is 1. The van der Waals surface area contributed by atoms with Gasteiger partial charge < -0.3 is 10.4 Å². The summed E-state index contributed by atoms with van der Waals surface area (Å²) in [5.74, 6) is -1.33. The highest BCUT2D eigenvalue weighted by atomic mass is 32.2. The average molecular weight is 304 g/mol. The average Bonchev–Trinajstić information content (AvgIpc) is 2.46. The molecule has 0 aliphatic rings. The standard InChI is InChI=1S/C14H12N2O4S/c1-21-10-5-2-4-9(8-10)15-12-7-3-6-11(14(17)18)13(12)16(19)20/h2-8,15H,1H3,(H,17,18). The van der Waals surface area contributed by atoms with Crippen molar-refractivity contribution in [2.24, 2.45) is 0 Å². The summed E-state index contributed by atoms with van der Waals surface area (Å²) in [6.07, 6.45) is 1.92. The number of nitrogens with one attached hydrogen (secondary N) is 1. The lowest BCUT2D eigenvalue weighted by molar-refractivity contribution is -0.384. The number of hydrogen-bond acceptors (Lipinski definition) is 5. The summed E-state index contributed by atoms with van der Waals surface area (Å²) < 4.78 is 0. The molecule has 0 heterocycles. The molecule has 0 unspecified atom stereocenters. The van der Waals surface area contributed by atoms with Crippen LogP contribution in [-0.2, 0) is 0 Å². The summed E-state index contributed by atoms with van der Waals surface area (Å²) in [7, 11) is 0. The predicted octanol–water partition coefficient (Wildman–Crippen LogP) is 3.76. The highest BCUT2D eigenvalue weighted by Gasteiger charge is 2.24. The van der Waals surface area contributed by atoms with Crippen LogP contribution < -0.4 is 5.32 Å². The SMILES string of the molecule is CSc1cccc(Nc2cccc(C(=O)O)c2[N+](=O)[O-])c1. The number of nitro groups is 1. The quantitative estimate of drug-likeness (QED) is 0.496. The Labute approximate surface area is 125 Å². The number of hydrogen-bond donors (Lipinski definition) is 2. The number of benzene rings is 2. The van der Waals surface area contributed by atoms with Crippen LogP contribution in [0, 0.1) is 10.1 Å². The number of carboxylic acids is 1. The van der Waals surface area contributed by atoms with Gasteiger partial charge in [-0.05, 0) is 36.6 Å². The molecule has 2 aromatic rings. The minimum atomic E-state index is -1.33. The van der Waals surface area contributed by atoms with Gasteiger partial charge in [0, 0.05) is 10.6 Å². The summed E-state index contributed by atoms with van der Waals surface area (Å²) in [5, 5.41) is 23.1. The first-order chi connectivity index (χ1) is 10.0. The fourth-order valence-electron chi connectivity index (χ4n) is 1.87. The zero-order chi connectivity index (χ0) is 15.4. The Morgan fingerprint density at radius 3 is 2.62 bits per heavy atom. The molecule has 0 saturated heterocycles. The maximum atomic E-state index is 11.2. The Bertz CT molecular complexity index is 703. The molecule has 6 nitrogen and oxygen atoms in total. The van der Waals surface area contributed by atoms with Crippen LogP contribution in [0.3, 0.4) is 0 Å². The molecular weight excluding hydrogens is 292 g/mol. The molecule has 0 fully saturated rings. The fourth-order valence-corrected chi connectivity index (χ4v) is 2.33. The summed E-state index contributed by atoms with van der Waals surface area (Å²) in [5.41, 5.74) is 0.0243. The summed E-state index contributed by atoms with van der Waals surface area (Å²) in [6, 6.07) is 11.5. The maximum Gasteiger partial charge on any atom is 0.342 e. The second-order valence-electron chi connectivity index (χ2n) is 4.12. The third-order valence-electron chi connectivity index (χ3n) is 2.80. The summed E-state index contributed by atoms with van der Waals surface area (Å²) in [6.45, 7) is 0. The molecule has 21 heavy (non-hydrogen) atoms. The third kappa shape index (κ3) is 3.32. The van der Waals surface area contributed by atoms with E-state index in [2.05, 4.69) is 5.32 Å². The highest BCUT2D eigenvalue weighted by Crippen LogP contribution is 2.32. The minimum Gasteiger partial charge on any atom is -0.477 e. The minimum absolute atomic E-state index is 0.151. The van der Waals surface area contributed by atoms with E-state index < -0.39 is 16.6 Å². The van der Waals surface area contributed by atoms with Crippen LogP contribution in [0.1, 0.15) is 10.4 Å². The van der Waals surface area contributed by atoms with Gasteiger partial charge in [-0.25, -0.2) is 4.79 Å². The van der Waals surface area contributed by atoms with Crippen LogP contribution in [0.5, 0.6) is 0 Å². The summed E-state index contributed by atoms with van der Waals surface area (Å²) in [4.78, 5) is 22.6. The summed E-state index contributed by atoms with van der Waals surface area (Å²) >= 11 is 1.54. The van der Waals surface area contributed by atoms with Crippen molar-refractivity contribution in [2.75, 3.05) is 11.6 Å². The number of nitrogens with zero attached hydrogens (tertiary/aromatic N) is 1. The van der Waals surface area contributed by atoms with Crippen LogP contribution in [0.25, 0.3) is 0 Å². The number of nitro benzene ring substituents is 1. The topological polar surface area (TPSA) is 92.5 Å². The number of anilines is 2. The number of aromatic carboxylic acids is 1. The lowest BCUT2D eigenvalue weighted by Gasteiger charge is -2.09. The Balaban J connectivity index is 2.46. The zero-order valence-electron chi connectivity index (χ0n) is 11.1. The first-order valence-electron chi connectivity index (χ1n) is 5.94. The third-order valence-corrected chi connectivity index (χ3v) is 3.52. The molecule has 2 N–H and O–H groups in total. The fraction of sp³-hybridized carbons (Fsp3) is 0.0714. The van der Waals surface area contributed by atoms with Crippen LogP contribution >= 0.6 is 11.8 Å². The molecule has 0 bridgehead atoms. The Kier molecular flexibility index (Phi) is 4.44. The van der Waals surface area contributed by atoms with E-state index in [-0.39, 0.29) is 11.3 Å². The van der Waals surface area contributed by atoms with E-state index in [4.69, 9.17) is 5.11 Å². The smallest absolute Gasteiger partial charge is 0.342 e. The van der Waals surface area contributed by atoms with Crippen molar-refractivity contribution in [2.45, 2.75) is 4.90 Å². The van der Waals surface area contributed by atoms with Gasteiger partial charge in [0.15, 0.2) is 0 Å². The molecule has 0 aromatic heterocycles. The van der Waals surface area contributed by atoms with Gasteiger partial charge in [0.25, 0.3) is 0 Å². The molecule has 2 rings (SSSR count). The molecule has 0 atom stereocenters. The van der Waals surface area contributed by atoms with Gasteiger partial charge in [-0.2, -0.15) is 0 Å². The molecular formula is C14H12N2O4S. The Morgan fingerprint density at radius 1 is 1.29 bits per heavy atom. The molecule has 0 radical (unpaired) electrons. The van der Waals surface area contributed by atoms with Crippen LogP contribution in [0.15, 0.2) is 47.4 Å². The Morgan fingerprint density at radius 2 is 2.00 bits per heavy atom. The lowest BCUT2D eigenvalue weighted by atomic mass is 10.1. The van der Waals surface area contributed by atoms with E-state index in [1.165, 1.54) is 18.2 Å². The second-order valence-corrected chi connectivity index (χ2v) is 5.00. The van der Waals surface area contributed by atoms with Crippen LogP contribution in [-0.4, -0.2) is 22.3 Å². The molecule has 108 valence electrons. The first kappa shape index (κ1) is 14.9. The van der Waals surface area contributed by atoms with E-state index in [1.54, 1.807) is 17.8 Å². The van der Waals surface area contributed by atoms with Gasteiger partial charge in [0.05, 0.1) is 4.92 Å². The molecule has 7 heteroatoms. The normalized spacial score (nSPS) is 10.1. The monoisotopic (exact) mass is 304 g/mol. The van der Waals surface area contributed by atoms with Gasteiger partial charge >= 0.3 is 11.7 Å². The van der Waals surface area contributed by atoms with Gasteiger partial charge in [0.2, 0.25) is 0 Å². The van der Waals surface area contributed by atoms with E-state index >= 15 is 0 Å². The Hall–Kier alpha value is -2.54. The van der Waals surface area contributed by atoms with Crippen LogP contribution in [0.4, 0.5) is 17.1 Å². The predicted molar refractivity (Wildman–Crippen MR) is 81.6 cm³/mol. The first-order valence-corrected chi connectivity index (χ1v) is 7.17. The number of carbonyl (C=O) groups is 1. The number of rotatable bonds is 5. The molecule has 0 amide bonds. The largest absolute Gasteiger partial charge is 0.477 e. The van der Waals surface area contributed by atoms with Gasteiger partial charge in [0.1, 0.15) is 11.3 Å². The number of para-hydroxylation sites is 1. The maximum absolute atomic E-state index is 11.2. The lowest BCUT2D eigenvalue weighted by Crippen LogP contribution is -2.05. The van der Waals surface area contributed by atoms with E-state index in [0.717, 1.165) is 4.90 Å². The van der Waals surface area contributed by atoms with Gasteiger partial charge in [-0.1, -0.05) is 12.1 Å².